The Bertz CT molecular complexity index is 404. The summed E-state index contributed by atoms with van der Waals surface area (Å²) in [6, 6.07) is 0. The van der Waals surface area contributed by atoms with Gasteiger partial charge in [0.25, 0.3) is 0 Å². The highest BCUT2D eigenvalue weighted by atomic mass is 16.5. The number of hydrogen-bond acceptors (Lipinski definition) is 5. The Balaban J connectivity index is 1.81. The van der Waals surface area contributed by atoms with E-state index in [-0.39, 0.29) is 17.8 Å². The van der Waals surface area contributed by atoms with Gasteiger partial charge in [0.2, 0.25) is 5.91 Å². The van der Waals surface area contributed by atoms with Crippen LogP contribution in [0.25, 0.3) is 0 Å². The van der Waals surface area contributed by atoms with Crippen LogP contribution in [0, 0.1) is 5.92 Å². The molecule has 6 nitrogen and oxygen atoms in total. The summed E-state index contributed by atoms with van der Waals surface area (Å²) >= 11 is 0. The van der Waals surface area contributed by atoms with Crippen molar-refractivity contribution in [2.75, 3.05) is 52.5 Å². The quantitative estimate of drug-likeness (QED) is 0.593. The van der Waals surface area contributed by atoms with Gasteiger partial charge in [0.1, 0.15) is 0 Å². The van der Waals surface area contributed by atoms with Gasteiger partial charge in [0.15, 0.2) is 0 Å². The van der Waals surface area contributed by atoms with E-state index in [1.165, 1.54) is 6.42 Å². The molecule has 2 rings (SSSR count). The average Bonchev–Trinajstić information content (AvgIpc) is 2.66. The number of rotatable bonds is 9. The van der Waals surface area contributed by atoms with E-state index < -0.39 is 0 Å². The molecular formula is C19H34N2O4. The van der Waals surface area contributed by atoms with E-state index in [0.29, 0.717) is 19.6 Å². The molecule has 0 atom stereocenters. The fourth-order valence-corrected chi connectivity index (χ4v) is 3.71. The molecule has 2 aliphatic rings. The predicted molar refractivity (Wildman–Crippen MR) is 96.3 cm³/mol. The Morgan fingerprint density at radius 2 is 1.84 bits per heavy atom. The summed E-state index contributed by atoms with van der Waals surface area (Å²) in [6.45, 7) is 7.94. The smallest absolute Gasteiger partial charge is 0.307 e. The molecule has 0 aromatic carbocycles. The summed E-state index contributed by atoms with van der Waals surface area (Å²) < 4.78 is 10.4. The number of hydrogen-bond donors (Lipinski definition) is 0. The monoisotopic (exact) mass is 354 g/mol. The molecule has 0 aromatic heterocycles. The van der Waals surface area contributed by atoms with Gasteiger partial charge in [-0.3, -0.25) is 14.5 Å². The molecule has 0 radical (unpaired) electrons. The second-order valence-corrected chi connectivity index (χ2v) is 7.02. The van der Waals surface area contributed by atoms with Crippen molar-refractivity contribution in [3.05, 3.63) is 0 Å². The van der Waals surface area contributed by atoms with Crippen molar-refractivity contribution in [1.29, 1.82) is 0 Å². The predicted octanol–water partition coefficient (Wildman–Crippen LogP) is 2.07. The number of carbonyl (C=O) groups is 2. The third kappa shape index (κ3) is 7.32. The summed E-state index contributed by atoms with van der Waals surface area (Å²) in [5, 5.41) is 0. The second-order valence-electron chi connectivity index (χ2n) is 7.02. The molecule has 0 bridgehead atoms. The zero-order valence-corrected chi connectivity index (χ0v) is 15.7. The van der Waals surface area contributed by atoms with E-state index in [4.69, 9.17) is 9.47 Å². The molecule has 1 saturated heterocycles. The van der Waals surface area contributed by atoms with E-state index >= 15 is 0 Å². The Labute approximate surface area is 151 Å². The van der Waals surface area contributed by atoms with E-state index in [1.807, 2.05) is 11.8 Å². The molecular weight excluding hydrogens is 320 g/mol. The van der Waals surface area contributed by atoms with Crippen LogP contribution >= 0.6 is 0 Å². The SMILES string of the molecule is CCOC(=O)CCN(CCCN1CCOCC1)C(=O)C1CCCCC1. The van der Waals surface area contributed by atoms with Crippen LogP contribution in [0.15, 0.2) is 0 Å². The maximum Gasteiger partial charge on any atom is 0.307 e. The fraction of sp³-hybridized carbons (Fsp3) is 0.895. The summed E-state index contributed by atoms with van der Waals surface area (Å²) in [6.07, 6.45) is 6.77. The standard InChI is InChI=1S/C19H34N2O4/c1-2-25-18(22)9-12-21(19(23)17-7-4-3-5-8-17)11-6-10-20-13-15-24-16-14-20/h17H,2-16H2,1H3. The number of nitrogens with zero attached hydrogens (tertiary/aromatic N) is 2. The van der Waals surface area contributed by atoms with Crippen LogP contribution < -0.4 is 0 Å². The number of morpholine rings is 1. The van der Waals surface area contributed by atoms with Gasteiger partial charge in [0, 0.05) is 38.6 Å². The molecule has 1 amide bonds. The molecule has 1 heterocycles. The molecule has 0 spiro atoms. The van der Waals surface area contributed by atoms with Crippen LogP contribution in [0.4, 0.5) is 0 Å². The Morgan fingerprint density at radius 3 is 2.52 bits per heavy atom. The topological polar surface area (TPSA) is 59.1 Å². The lowest BCUT2D eigenvalue weighted by Crippen LogP contribution is -2.41. The molecule has 0 aromatic rings. The van der Waals surface area contributed by atoms with Gasteiger partial charge in [-0.2, -0.15) is 0 Å². The highest BCUT2D eigenvalue weighted by Gasteiger charge is 2.26. The van der Waals surface area contributed by atoms with Gasteiger partial charge in [-0.25, -0.2) is 0 Å². The fourth-order valence-electron chi connectivity index (χ4n) is 3.71. The van der Waals surface area contributed by atoms with Crippen LogP contribution in [0.5, 0.6) is 0 Å². The van der Waals surface area contributed by atoms with Crippen LogP contribution in [-0.2, 0) is 19.1 Å². The van der Waals surface area contributed by atoms with Crippen molar-refractivity contribution >= 4 is 11.9 Å². The first-order valence-corrected chi connectivity index (χ1v) is 9.95. The molecule has 1 aliphatic heterocycles. The van der Waals surface area contributed by atoms with Crippen molar-refractivity contribution < 1.29 is 19.1 Å². The minimum atomic E-state index is -0.211. The molecule has 6 heteroatoms. The average molecular weight is 354 g/mol. The van der Waals surface area contributed by atoms with Crippen LogP contribution in [0.2, 0.25) is 0 Å². The van der Waals surface area contributed by atoms with Crippen LogP contribution in [0.3, 0.4) is 0 Å². The minimum absolute atomic E-state index is 0.152. The van der Waals surface area contributed by atoms with E-state index in [1.54, 1.807) is 0 Å². The number of carbonyl (C=O) groups excluding carboxylic acids is 2. The third-order valence-corrected chi connectivity index (χ3v) is 5.16. The molecule has 144 valence electrons. The lowest BCUT2D eigenvalue weighted by molar-refractivity contribution is -0.144. The first-order valence-electron chi connectivity index (χ1n) is 9.95. The molecule has 25 heavy (non-hydrogen) atoms. The summed E-state index contributed by atoms with van der Waals surface area (Å²) in [5.41, 5.74) is 0. The van der Waals surface area contributed by atoms with Gasteiger partial charge in [-0.1, -0.05) is 19.3 Å². The van der Waals surface area contributed by atoms with E-state index in [2.05, 4.69) is 4.90 Å². The highest BCUT2D eigenvalue weighted by molar-refractivity contribution is 5.79. The van der Waals surface area contributed by atoms with Crippen molar-refractivity contribution in [3.8, 4) is 0 Å². The maximum absolute atomic E-state index is 12.9. The van der Waals surface area contributed by atoms with Crippen molar-refractivity contribution in [2.24, 2.45) is 5.92 Å². The normalized spacial score (nSPS) is 19.6. The summed E-state index contributed by atoms with van der Waals surface area (Å²) in [4.78, 5) is 28.9. The number of esters is 1. The Kier molecular flexibility index (Phi) is 9.26. The number of amides is 1. The van der Waals surface area contributed by atoms with Gasteiger partial charge in [-0.05, 0) is 26.2 Å². The van der Waals surface area contributed by atoms with Crippen molar-refractivity contribution in [2.45, 2.75) is 51.9 Å². The molecule has 1 saturated carbocycles. The van der Waals surface area contributed by atoms with E-state index in [9.17, 15) is 9.59 Å². The van der Waals surface area contributed by atoms with E-state index in [0.717, 1.165) is 71.5 Å². The van der Waals surface area contributed by atoms with Crippen LogP contribution in [0.1, 0.15) is 51.9 Å². The first-order chi connectivity index (χ1) is 12.2. The maximum atomic E-state index is 12.9. The Morgan fingerprint density at radius 1 is 1.12 bits per heavy atom. The number of ether oxygens (including phenoxy) is 2. The van der Waals surface area contributed by atoms with Gasteiger partial charge in [0.05, 0.1) is 26.2 Å². The summed E-state index contributed by atoms with van der Waals surface area (Å²) in [7, 11) is 0. The Hall–Kier alpha value is -1.14. The van der Waals surface area contributed by atoms with Gasteiger partial charge < -0.3 is 14.4 Å². The lowest BCUT2D eigenvalue weighted by Gasteiger charge is -2.31. The van der Waals surface area contributed by atoms with Gasteiger partial charge >= 0.3 is 5.97 Å². The molecule has 1 aliphatic carbocycles. The summed E-state index contributed by atoms with van der Waals surface area (Å²) in [5.74, 6) is 0.183. The molecule has 0 unspecified atom stereocenters. The third-order valence-electron chi connectivity index (χ3n) is 5.16. The van der Waals surface area contributed by atoms with Gasteiger partial charge in [-0.15, -0.1) is 0 Å². The zero-order chi connectivity index (χ0) is 17.9. The minimum Gasteiger partial charge on any atom is -0.466 e. The lowest BCUT2D eigenvalue weighted by atomic mass is 9.88. The highest BCUT2D eigenvalue weighted by Crippen LogP contribution is 2.25. The molecule has 2 fully saturated rings. The molecule has 0 N–H and O–H groups in total. The second kappa shape index (κ2) is 11.5. The van der Waals surface area contributed by atoms with Crippen LogP contribution in [-0.4, -0.2) is 74.2 Å². The van der Waals surface area contributed by atoms with Crippen molar-refractivity contribution in [1.82, 2.24) is 9.80 Å². The largest absolute Gasteiger partial charge is 0.466 e. The first kappa shape index (κ1) is 20.2. The van der Waals surface area contributed by atoms with Crippen molar-refractivity contribution in [3.63, 3.8) is 0 Å². The zero-order valence-electron chi connectivity index (χ0n) is 15.7.